The molecule has 0 amide bonds. The van der Waals surface area contributed by atoms with Crippen molar-refractivity contribution in [2.24, 2.45) is 0 Å². The molecule has 94 valence electrons. The number of aromatic nitrogens is 3. The Bertz CT molecular complexity index is 536. The normalized spacial score (nSPS) is 12.2. The van der Waals surface area contributed by atoms with Crippen LogP contribution in [0.15, 0.2) is 24.3 Å². The summed E-state index contributed by atoms with van der Waals surface area (Å²) in [6.07, 6.45) is 0. The lowest BCUT2D eigenvalue weighted by molar-refractivity contribution is 0.821. The van der Waals surface area contributed by atoms with Crippen LogP contribution in [-0.2, 0) is 0 Å². The molecule has 2 aromatic rings. The lowest BCUT2D eigenvalue weighted by atomic mass is 10.1. The molecular formula is C13H17N5. The second-order valence-corrected chi connectivity index (χ2v) is 4.34. The fourth-order valence-electron chi connectivity index (χ4n) is 1.58. The predicted molar refractivity (Wildman–Crippen MR) is 72.2 cm³/mol. The number of nitrogen functional groups attached to an aromatic ring is 1. The lowest BCUT2D eigenvalue weighted by Crippen LogP contribution is -2.11. The van der Waals surface area contributed by atoms with Gasteiger partial charge in [-0.05, 0) is 38.5 Å². The van der Waals surface area contributed by atoms with Crippen LogP contribution >= 0.6 is 0 Å². The number of nitrogens with zero attached hydrogens (tertiary/aromatic N) is 3. The first-order chi connectivity index (χ1) is 8.56. The van der Waals surface area contributed by atoms with Crippen molar-refractivity contribution in [1.29, 1.82) is 0 Å². The molecule has 0 spiro atoms. The summed E-state index contributed by atoms with van der Waals surface area (Å²) in [6, 6.07) is 7.85. The molecule has 1 unspecified atom stereocenters. The van der Waals surface area contributed by atoms with Crippen LogP contribution in [0, 0.1) is 13.8 Å². The smallest absolute Gasteiger partial charge is 0.243 e. The molecule has 0 aliphatic heterocycles. The molecule has 1 heterocycles. The number of hydrogen-bond donors (Lipinski definition) is 2. The summed E-state index contributed by atoms with van der Waals surface area (Å²) >= 11 is 0. The quantitative estimate of drug-likeness (QED) is 0.808. The third-order valence-electron chi connectivity index (χ3n) is 2.87. The average Bonchev–Trinajstić information content (AvgIpc) is 2.34. The van der Waals surface area contributed by atoms with E-state index in [0.29, 0.717) is 5.95 Å². The van der Waals surface area contributed by atoms with Gasteiger partial charge in [0.2, 0.25) is 5.95 Å². The maximum absolute atomic E-state index is 5.66. The van der Waals surface area contributed by atoms with Crippen molar-refractivity contribution in [3.05, 3.63) is 41.2 Å². The highest BCUT2D eigenvalue weighted by molar-refractivity contribution is 5.41. The fourth-order valence-corrected chi connectivity index (χ4v) is 1.58. The minimum atomic E-state index is 0.106. The largest absolute Gasteiger partial charge is 0.399 e. The number of nitrogens with two attached hydrogens (primary N) is 1. The average molecular weight is 243 g/mol. The van der Waals surface area contributed by atoms with Crippen LogP contribution in [-0.4, -0.2) is 15.2 Å². The molecule has 1 atom stereocenters. The Labute approximate surface area is 106 Å². The zero-order valence-electron chi connectivity index (χ0n) is 10.8. The SMILES string of the molecule is Cc1nnc(NC(C)c2ccc(N)cc2)nc1C. The van der Waals surface area contributed by atoms with Gasteiger partial charge in [-0.25, -0.2) is 4.98 Å². The summed E-state index contributed by atoms with van der Waals surface area (Å²) in [6.45, 7) is 5.86. The van der Waals surface area contributed by atoms with Gasteiger partial charge in [0.1, 0.15) is 0 Å². The molecular weight excluding hydrogens is 226 g/mol. The summed E-state index contributed by atoms with van der Waals surface area (Å²) < 4.78 is 0. The standard InChI is InChI=1S/C13H17N5/c1-8-9(2)17-18-13(15-8)16-10(3)11-4-6-12(14)7-5-11/h4-7,10H,14H2,1-3H3,(H,15,16,18). The third kappa shape index (κ3) is 2.74. The number of rotatable bonds is 3. The zero-order valence-corrected chi connectivity index (χ0v) is 10.8. The van der Waals surface area contributed by atoms with E-state index in [-0.39, 0.29) is 6.04 Å². The highest BCUT2D eigenvalue weighted by atomic mass is 15.2. The number of benzene rings is 1. The maximum Gasteiger partial charge on any atom is 0.243 e. The van der Waals surface area contributed by atoms with Crippen molar-refractivity contribution in [3.8, 4) is 0 Å². The number of anilines is 2. The summed E-state index contributed by atoms with van der Waals surface area (Å²) in [5.41, 5.74) is 9.28. The molecule has 1 aromatic carbocycles. The van der Waals surface area contributed by atoms with E-state index in [1.807, 2.05) is 45.0 Å². The summed E-state index contributed by atoms with van der Waals surface area (Å²) in [5.74, 6) is 0.544. The molecule has 0 bridgehead atoms. The maximum atomic E-state index is 5.66. The Morgan fingerprint density at radius 3 is 2.33 bits per heavy atom. The van der Waals surface area contributed by atoms with Crippen LogP contribution in [0.3, 0.4) is 0 Å². The second kappa shape index (κ2) is 5.00. The Kier molecular flexibility index (Phi) is 3.41. The fraction of sp³-hybridized carbons (Fsp3) is 0.308. The van der Waals surface area contributed by atoms with Crippen LogP contribution < -0.4 is 11.1 Å². The third-order valence-corrected chi connectivity index (χ3v) is 2.87. The van der Waals surface area contributed by atoms with Crippen molar-refractivity contribution in [3.63, 3.8) is 0 Å². The molecule has 2 rings (SSSR count). The van der Waals surface area contributed by atoms with Crippen LogP contribution in [0.4, 0.5) is 11.6 Å². The Hall–Kier alpha value is -2.17. The van der Waals surface area contributed by atoms with E-state index in [1.54, 1.807) is 0 Å². The van der Waals surface area contributed by atoms with E-state index in [2.05, 4.69) is 20.5 Å². The van der Waals surface area contributed by atoms with Gasteiger partial charge in [-0.1, -0.05) is 12.1 Å². The second-order valence-electron chi connectivity index (χ2n) is 4.34. The van der Waals surface area contributed by atoms with Gasteiger partial charge in [0.05, 0.1) is 17.4 Å². The van der Waals surface area contributed by atoms with Gasteiger partial charge in [0, 0.05) is 5.69 Å². The Morgan fingerprint density at radius 1 is 1.06 bits per heavy atom. The minimum Gasteiger partial charge on any atom is -0.399 e. The molecule has 0 aliphatic rings. The highest BCUT2D eigenvalue weighted by Crippen LogP contribution is 2.17. The zero-order chi connectivity index (χ0) is 13.1. The molecule has 5 heteroatoms. The van der Waals surface area contributed by atoms with Gasteiger partial charge in [-0.2, -0.15) is 5.10 Å². The van der Waals surface area contributed by atoms with Crippen LogP contribution in [0.5, 0.6) is 0 Å². The van der Waals surface area contributed by atoms with Crippen molar-refractivity contribution < 1.29 is 0 Å². The first kappa shape index (κ1) is 12.3. The predicted octanol–water partition coefficient (Wildman–Crippen LogP) is 2.24. The molecule has 0 saturated heterocycles. The topological polar surface area (TPSA) is 76.7 Å². The van der Waals surface area contributed by atoms with E-state index in [1.165, 1.54) is 0 Å². The van der Waals surface area contributed by atoms with Crippen LogP contribution in [0.25, 0.3) is 0 Å². The van der Waals surface area contributed by atoms with Crippen molar-refractivity contribution in [1.82, 2.24) is 15.2 Å². The van der Waals surface area contributed by atoms with Crippen molar-refractivity contribution in [2.45, 2.75) is 26.8 Å². The van der Waals surface area contributed by atoms with Crippen molar-refractivity contribution in [2.75, 3.05) is 11.1 Å². The molecule has 0 saturated carbocycles. The van der Waals surface area contributed by atoms with E-state index >= 15 is 0 Å². The number of aryl methyl sites for hydroxylation is 2. The van der Waals surface area contributed by atoms with Crippen LogP contribution in [0.1, 0.15) is 29.9 Å². The van der Waals surface area contributed by atoms with Gasteiger partial charge in [0.25, 0.3) is 0 Å². The van der Waals surface area contributed by atoms with E-state index < -0.39 is 0 Å². The number of nitrogens with one attached hydrogen (secondary N) is 1. The summed E-state index contributed by atoms with van der Waals surface area (Å²) in [7, 11) is 0. The summed E-state index contributed by atoms with van der Waals surface area (Å²) in [5, 5.41) is 11.3. The number of hydrogen-bond acceptors (Lipinski definition) is 5. The Morgan fingerprint density at radius 2 is 1.72 bits per heavy atom. The van der Waals surface area contributed by atoms with Gasteiger partial charge in [-0.15, -0.1) is 5.10 Å². The van der Waals surface area contributed by atoms with Gasteiger partial charge in [-0.3, -0.25) is 0 Å². The lowest BCUT2D eigenvalue weighted by Gasteiger charge is -2.14. The molecule has 1 aromatic heterocycles. The molecule has 18 heavy (non-hydrogen) atoms. The van der Waals surface area contributed by atoms with E-state index in [0.717, 1.165) is 22.6 Å². The van der Waals surface area contributed by atoms with Crippen molar-refractivity contribution >= 4 is 11.6 Å². The molecule has 5 nitrogen and oxygen atoms in total. The Balaban J connectivity index is 2.13. The molecule has 0 aliphatic carbocycles. The minimum absolute atomic E-state index is 0.106. The monoisotopic (exact) mass is 243 g/mol. The van der Waals surface area contributed by atoms with E-state index in [4.69, 9.17) is 5.73 Å². The van der Waals surface area contributed by atoms with Crippen LogP contribution in [0.2, 0.25) is 0 Å². The van der Waals surface area contributed by atoms with E-state index in [9.17, 15) is 0 Å². The first-order valence-electron chi connectivity index (χ1n) is 5.86. The molecule has 3 N–H and O–H groups in total. The van der Waals surface area contributed by atoms with Gasteiger partial charge in [0.15, 0.2) is 0 Å². The van der Waals surface area contributed by atoms with Gasteiger partial charge < -0.3 is 11.1 Å². The van der Waals surface area contributed by atoms with Gasteiger partial charge >= 0.3 is 0 Å². The first-order valence-corrected chi connectivity index (χ1v) is 5.86. The molecule has 0 fully saturated rings. The summed E-state index contributed by atoms with van der Waals surface area (Å²) in [4.78, 5) is 4.35. The molecule has 0 radical (unpaired) electrons. The highest BCUT2D eigenvalue weighted by Gasteiger charge is 2.08.